The van der Waals surface area contributed by atoms with Gasteiger partial charge < -0.3 is 10.5 Å². The lowest BCUT2D eigenvalue weighted by Crippen LogP contribution is -2.50. The van der Waals surface area contributed by atoms with Gasteiger partial charge >= 0.3 is 18.4 Å². The van der Waals surface area contributed by atoms with Crippen LogP contribution in [0.15, 0.2) is 12.1 Å². The van der Waals surface area contributed by atoms with Crippen LogP contribution in [0.25, 0.3) is 0 Å². The van der Waals surface area contributed by atoms with Gasteiger partial charge in [0, 0.05) is 12.1 Å². The Balaban J connectivity index is 0.00000420. The summed E-state index contributed by atoms with van der Waals surface area (Å²) in [5.74, 6) is -4.68. The Morgan fingerprint density at radius 3 is 2.07 bits per heavy atom. The maximum atomic E-state index is 13.6. The number of hydrogen-bond donors (Lipinski definition) is 1. The summed E-state index contributed by atoms with van der Waals surface area (Å²) in [6.07, 6.45) is -11.7. The van der Waals surface area contributed by atoms with Gasteiger partial charge in [-0.15, -0.1) is 12.4 Å². The molecule has 1 atom stereocenters. The standard InChI is InChI=1S/C14H11F8N3O3.ClH/c15-6-1-9-10(2-7(6)16)25(4-13(17,18)19)11(26)8(23)3-24(9)12(27)28-5-14(20,21)22;/h1-2,8H,3-5,23H2;1H. The maximum absolute atomic E-state index is 13.6. The number of halogens is 9. The normalized spacial score (nSPS) is 17.4. The largest absolute Gasteiger partial charge is 0.439 e. The quantitative estimate of drug-likeness (QED) is 0.693. The highest BCUT2D eigenvalue weighted by molar-refractivity contribution is 6.05. The van der Waals surface area contributed by atoms with E-state index in [1.807, 2.05) is 0 Å². The van der Waals surface area contributed by atoms with Gasteiger partial charge in [-0.3, -0.25) is 14.6 Å². The summed E-state index contributed by atoms with van der Waals surface area (Å²) < 4.78 is 106. The Labute approximate surface area is 163 Å². The fourth-order valence-corrected chi connectivity index (χ4v) is 2.39. The maximum Gasteiger partial charge on any atom is 0.422 e. The third kappa shape index (κ3) is 6.06. The van der Waals surface area contributed by atoms with E-state index < -0.39 is 73.1 Å². The van der Waals surface area contributed by atoms with Crippen LogP contribution < -0.4 is 15.5 Å². The van der Waals surface area contributed by atoms with Crippen molar-refractivity contribution in [1.82, 2.24) is 0 Å². The Hall–Kier alpha value is -2.35. The molecule has 0 fully saturated rings. The third-order valence-electron chi connectivity index (χ3n) is 3.48. The van der Waals surface area contributed by atoms with E-state index >= 15 is 0 Å². The Morgan fingerprint density at radius 1 is 1.07 bits per heavy atom. The molecule has 0 saturated carbocycles. The minimum absolute atomic E-state index is 0. The number of nitrogens with two attached hydrogens (primary N) is 1. The summed E-state index contributed by atoms with van der Waals surface area (Å²) in [4.78, 5) is 24.4. The molecule has 29 heavy (non-hydrogen) atoms. The first-order chi connectivity index (χ1) is 12.7. The van der Waals surface area contributed by atoms with Crippen LogP contribution in [-0.4, -0.2) is 50.1 Å². The number of carbonyl (C=O) groups excluding carboxylic acids is 2. The average Bonchev–Trinajstić information content (AvgIpc) is 2.63. The minimum atomic E-state index is -4.98. The average molecular weight is 458 g/mol. The molecule has 1 aliphatic heterocycles. The molecule has 0 bridgehead atoms. The Morgan fingerprint density at radius 2 is 1.59 bits per heavy atom. The van der Waals surface area contributed by atoms with Gasteiger partial charge in [0.1, 0.15) is 12.6 Å². The fourth-order valence-electron chi connectivity index (χ4n) is 2.39. The van der Waals surface area contributed by atoms with Crippen molar-refractivity contribution in [2.45, 2.75) is 18.4 Å². The van der Waals surface area contributed by atoms with Gasteiger partial charge in [-0.2, -0.15) is 26.3 Å². The molecule has 0 spiro atoms. The van der Waals surface area contributed by atoms with Crippen LogP contribution in [0, 0.1) is 11.6 Å². The van der Waals surface area contributed by atoms with E-state index in [9.17, 15) is 44.7 Å². The van der Waals surface area contributed by atoms with Crippen LogP contribution in [0.1, 0.15) is 0 Å². The highest BCUT2D eigenvalue weighted by Crippen LogP contribution is 2.37. The van der Waals surface area contributed by atoms with Gasteiger partial charge in [0.15, 0.2) is 18.2 Å². The molecule has 6 nitrogen and oxygen atoms in total. The number of hydrogen-bond acceptors (Lipinski definition) is 4. The van der Waals surface area contributed by atoms with E-state index in [-0.39, 0.29) is 34.3 Å². The number of nitrogens with zero attached hydrogens (tertiary/aromatic N) is 2. The Bertz CT molecular complexity index is 787. The van der Waals surface area contributed by atoms with Crippen molar-refractivity contribution in [2.24, 2.45) is 5.73 Å². The lowest BCUT2D eigenvalue weighted by Gasteiger charge is -2.26. The summed E-state index contributed by atoms with van der Waals surface area (Å²) in [5.41, 5.74) is 3.72. The smallest absolute Gasteiger partial charge is 0.422 e. The van der Waals surface area contributed by atoms with Crippen LogP contribution in [0.2, 0.25) is 0 Å². The van der Waals surface area contributed by atoms with Crippen molar-refractivity contribution < 1.29 is 49.4 Å². The zero-order valence-electron chi connectivity index (χ0n) is 14.0. The van der Waals surface area contributed by atoms with Crippen LogP contribution in [0.4, 0.5) is 51.3 Å². The third-order valence-corrected chi connectivity index (χ3v) is 3.48. The molecule has 2 amide bonds. The predicted molar refractivity (Wildman–Crippen MR) is 84.7 cm³/mol. The molecule has 2 rings (SSSR count). The van der Waals surface area contributed by atoms with E-state index in [0.29, 0.717) is 0 Å². The molecule has 0 aromatic heterocycles. The van der Waals surface area contributed by atoms with Crippen molar-refractivity contribution in [3.63, 3.8) is 0 Å². The Kier molecular flexibility index (Phi) is 7.29. The molecule has 2 N–H and O–H groups in total. The first-order valence-electron chi connectivity index (χ1n) is 7.33. The molecule has 1 aromatic rings. The molecule has 1 aromatic carbocycles. The van der Waals surface area contributed by atoms with Crippen LogP contribution in [0.5, 0.6) is 0 Å². The summed E-state index contributed by atoms with van der Waals surface area (Å²) in [6, 6.07) is -1.37. The number of rotatable bonds is 2. The van der Waals surface area contributed by atoms with E-state index in [1.54, 1.807) is 0 Å². The van der Waals surface area contributed by atoms with Crippen LogP contribution in [-0.2, 0) is 9.53 Å². The van der Waals surface area contributed by atoms with Crippen molar-refractivity contribution in [3.8, 4) is 0 Å². The van der Waals surface area contributed by atoms with Crippen LogP contribution in [0.3, 0.4) is 0 Å². The lowest BCUT2D eigenvalue weighted by molar-refractivity contribution is -0.159. The second-order valence-electron chi connectivity index (χ2n) is 5.68. The number of alkyl halides is 6. The number of amides is 2. The van der Waals surface area contributed by atoms with Gasteiger partial charge in [-0.05, 0) is 0 Å². The zero-order chi connectivity index (χ0) is 21.4. The van der Waals surface area contributed by atoms with Crippen molar-refractivity contribution in [2.75, 3.05) is 29.5 Å². The molecule has 15 heteroatoms. The van der Waals surface area contributed by atoms with Crippen molar-refractivity contribution >= 4 is 35.8 Å². The SMILES string of the molecule is Cl.NC1CN(C(=O)OCC(F)(F)F)c2cc(F)c(F)cc2N(CC(F)(F)F)C1=O. The van der Waals surface area contributed by atoms with E-state index in [0.717, 1.165) is 0 Å². The summed E-state index contributed by atoms with van der Waals surface area (Å²) in [7, 11) is 0. The van der Waals surface area contributed by atoms with Crippen molar-refractivity contribution in [1.29, 1.82) is 0 Å². The minimum Gasteiger partial charge on any atom is -0.439 e. The van der Waals surface area contributed by atoms with Crippen molar-refractivity contribution in [3.05, 3.63) is 23.8 Å². The number of anilines is 2. The predicted octanol–water partition coefficient (Wildman–Crippen LogP) is 3.13. The second kappa shape index (κ2) is 8.57. The number of fused-ring (bicyclic) bond motifs is 1. The molecule has 0 saturated heterocycles. The second-order valence-corrected chi connectivity index (χ2v) is 5.68. The zero-order valence-corrected chi connectivity index (χ0v) is 14.8. The summed E-state index contributed by atoms with van der Waals surface area (Å²) in [5, 5.41) is 0. The van der Waals surface area contributed by atoms with Gasteiger partial charge in [0.05, 0.1) is 17.9 Å². The summed E-state index contributed by atoms with van der Waals surface area (Å²) >= 11 is 0. The molecule has 0 aliphatic carbocycles. The first kappa shape index (κ1) is 24.7. The number of carbonyl (C=O) groups is 2. The highest BCUT2D eigenvalue weighted by atomic mass is 35.5. The van der Waals surface area contributed by atoms with Gasteiger partial charge in [0.2, 0.25) is 5.91 Å². The van der Waals surface area contributed by atoms with Gasteiger partial charge in [-0.25, -0.2) is 13.6 Å². The molecule has 1 unspecified atom stereocenters. The number of ether oxygens (including phenoxy) is 1. The highest BCUT2D eigenvalue weighted by Gasteiger charge is 2.42. The molecule has 164 valence electrons. The molecule has 0 radical (unpaired) electrons. The molecular formula is C14H12ClF8N3O3. The van der Waals surface area contributed by atoms with Crippen LogP contribution >= 0.6 is 12.4 Å². The topological polar surface area (TPSA) is 75.9 Å². The monoisotopic (exact) mass is 457 g/mol. The van der Waals surface area contributed by atoms with E-state index in [2.05, 4.69) is 4.74 Å². The van der Waals surface area contributed by atoms with Gasteiger partial charge in [-0.1, -0.05) is 0 Å². The molecule has 1 aliphatic rings. The lowest BCUT2D eigenvalue weighted by atomic mass is 10.2. The van der Waals surface area contributed by atoms with E-state index in [1.165, 1.54) is 0 Å². The van der Waals surface area contributed by atoms with Gasteiger partial charge in [0.25, 0.3) is 0 Å². The fraction of sp³-hybridized carbons (Fsp3) is 0.429. The number of benzene rings is 1. The first-order valence-corrected chi connectivity index (χ1v) is 7.33. The molecular weight excluding hydrogens is 446 g/mol. The van der Waals surface area contributed by atoms with E-state index in [4.69, 9.17) is 5.73 Å². The summed E-state index contributed by atoms with van der Waals surface area (Å²) in [6.45, 7) is -4.94. The molecule has 1 heterocycles.